The number of carbonyl (C=O) groups is 2. The Hall–Kier alpha value is -2.21. The van der Waals surface area contributed by atoms with Crippen LogP contribution < -0.4 is 10.2 Å². The van der Waals surface area contributed by atoms with Crippen molar-refractivity contribution in [2.75, 3.05) is 69.2 Å². The first-order valence-electron chi connectivity index (χ1n) is 10.2. The van der Waals surface area contributed by atoms with E-state index in [0.29, 0.717) is 51.5 Å². The van der Waals surface area contributed by atoms with E-state index in [1.54, 1.807) is 21.9 Å². The molecule has 0 radical (unpaired) electrons. The molecule has 0 saturated carbocycles. The minimum Gasteiger partial charge on any atom is -0.379 e. The Bertz CT molecular complexity index is 877. The Labute approximate surface area is 176 Å². The Morgan fingerprint density at radius 3 is 2.13 bits per heavy atom. The zero-order valence-electron chi connectivity index (χ0n) is 16.8. The molecule has 10 nitrogen and oxygen atoms in total. The van der Waals surface area contributed by atoms with Crippen molar-refractivity contribution in [1.29, 1.82) is 0 Å². The third-order valence-corrected chi connectivity index (χ3v) is 7.69. The first-order chi connectivity index (χ1) is 14.4. The summed E-state index contributed by atoms with van der Waals surface area (Å²) in [5.41, 5.74) is 1.47. The Morgan fingerprint density at radius 2 is 1.53 bits per heavy atom. The van der Waals surface area contributed by atoms with Gasteiger partial charge in [0.2, 0.25) is 5.91 Å². The fraction of sp³-hybridized carbons (Fsp3) is 0.579. The van der Waals surface area contributed by atoms with Gasteiger partial charge in [0.15, 0.2) is 0 Å². The summed E-state index contributed by atoms with van der Waals surface area (Å²) in [4.78, 5) is 27.8. The van der Waals surface area contributed by atoms with Gasteiger partial charge in [-0.25, -0.2) is 4.79 Å². The summed E-state index contributed by atoms with van der Waals surface area (Å²) in [6, 6.07) is 6.94. The number of nitrogens with one attached hydrogen (secondary N) is 1. The molecule has 1 aromatic carbocycles. The lowest BCUT2D eigenvalue weighted by Crippen LogP contribution is -2.56. The summed E-state index contributed by atoms with van der Waals surface area (Å²) in [7, 11) is -3.51. The van der Waals surface area contributed by atoms with Crippen molar-refractivity contribution in [3.8, 4) is 0 Å². The molecule has 1 aromatic rings. The van der Waals surface area contributed by atoms with E-state index in [-0.39, 0.29) is 25.0 Å². The predicted octanol–water partition coefficient (Wildman–Crippen LogP) is 0.540. The second kappa shape index (κ2) is 8.88. The summed E-state index contributed by atoms with van der Waals surface area (Å²) in [6.45, 7) is 3.46. The van der Waals surface area contributed by atoms with Crippen molar-refractivity contribution in [2.45, 2.75) is 12.8 Å². The molecule has 0 bridgehead atoms. The van der Waals surface area contributed by atoms with Gasteiger partial charge in [-0.3, -0.25) is 4.79 Å². The molecule has 3 saturated heterocycles. The second-order valence-corrected chi connectivity index (χ2v) is 9.46. The quantitative estimate of drug-likeness (QED) is 0.741. The molecule has 30 heavy (non-hydrogen) atoms. The van der Waals surface area contributed by atoms with E-state index in [1.807, 2.05) is 12.1 Å². The van der Waals surface area contributed by atoms with Crippen LogP contribution in [0.3, 0.4) is 0 Å². The van der Waals surface area contributed by atoms with Gasteiger partial charge >= 0.3 is 6.03 Å². The van der Waals surface area contributed by atoms with Crippen LogP contribution in [0.5, 0.6) is 0 Å². The van der Waals surface area contributed by atoms with Crippen molar-refractivity contribution in [1.82, 2.24) is 13.5 Å². The predicted molar refractivity (Wildman–Crippen MR) is 112 cm³/mol. The first-order valence-corrected chi connectivity index (χ1v) is 11.6. The maximum Gasteiger partial charge on any atom is 0.321 e. The normalized spacial score (nSPS) is 21.8. The number of morpholine rings is 1. The second-order valence-electron chi connectivity index (χ2n) is 7.53. The lowest BCUT2D eigenvalue weighted by Gasteiger charge is -2.37. The SMILES string of the molecule is O=C(Nc1ccc(N2CCCC2=O)cc1)N1CCN(S(=O)(=O)N2CCOCC2)CC1. The molecule has 0 unspecified atom stereocenters. The van der Waals surface area contributed by atoms with Gasteiger partial charge in [-0.05, 0) is 30.7 Å². The highest BCUT2D eigenvalue weighted by Crippen LogP contribution is 2.23. The maximum absolute atomic E-state index is 12.7. The summed E-state index contributed by atoms with van der Waals surface area (Å²) in [5.74, 6) is 0.122. The number of ether oxygens (including phenoxy) is 1. The molecule has 1 N–H and O–H groups in total. The minimum atomic E-state index is -3.51. The van der Waals surface area contributed by atoms with Crippen LogP contribution in [0.4, 0.5) is 16.2 Å². The molecule has 3 heterocycles. The monoisotopic (exact) mass is 437 g/mol. The van der Waals surface area contributed by atoms with Gasteiger partial charge in [0, 0.05) is 63.6 Å². The standard InChI is InChI=1S/C19H27N5O5S/c25-18-2-1-7-24(18)17-5-3-16(4-6-17)20-19(26)21-8-10-22(11-9-21)30(27,28)23-12-14-29-15-13-23/h3-6H,1-2,7-15H2,(H,20,26). The van der Waals surface area contributed by atoms with Crippen LogP contribution >= 0.6 is 0 Å². The van der Waals surface area contributed by atoms with Crippen LogP contribution in [0, 0.1) is 0 Å². The lowest BCUT2D eigenvalue weighted by molar-refractivity contribution is -0.117. The number of carbonyl (C=O) groups excluding carboxylic acids is 2. The number of piperazine rings is 1. The summed E-state index contributed by atoms with van der Waals surface area (Å²) in [6.07, 6.45) is 1.44. The first kappa shape index (κ1) is 21.0. The Balaban J connectivity index is 1.29. The van der Waals surface area contributed by atoms with Gasteiger partial charge < -0.3 is 19.9 Å². The fourth-order valence-corrected chi connectivity index (χ4v) is 5.47. The molecule has 0 spiro atoms. The average Bonchev–Trinajstić information content (AvgIpc) is 3.21. The van der Waals surface area contributed by atoms with E-state index in [1.165, 1.54) is 8.61 Å². The number of urea groups is 1. The molecular weight excluding hydrogens is 410 g/mol. The smallest absolute Gasteiger partial charge is 0.321 e. The van der Waals surface area contributed by atoms with E-state index in [0.717, 1.165) is 18.7 Å². The molecule has 0 aromatic heterocycles. The molecule has 4 rings (SSSR count). The fourth-order valence-electron chi connectivity index (χ4n) is 3.91. The van der Waals surface area contributed by atoms with E-state index < -0.39 is 10.2 Å². The third kappa shape index (κ3) is 4.43. The van der Waals surface area contributed by atoms with Gasteiger partial charge in [-0.1, -0.05) is 0 Å². The molecule has 164 valence electrons. The van der Waals surface area contributed by atoms with Crippen molar-refractivity contribution < 1.29 is 22.7 Å². The summed E-state index contributed by atoms with van der Waals surface area (Å²) < 4.78 is 33.5. The van der Waals surface area contributed by atoms with Gasteiger partial charge in [-0.15, -0.1) is 0 Å². The highest BCUT2D eigenvalue weighted by molar-refractivity contribution is 7.86. The van der Waals surface area contributed by atoms with E-state index in [2.05, 4.69) is 5.32 Å². The third-order valence-electron chi connectivity index (χ3n) is 5.65. The Morgan fingerprint density at radius 1 is 0.900 bits per heavy atom. The van der Waals surface area contributed by atoms with E-state index in [4.69, 9.17) is 4.74 Å². The van der Waals surface area contributed by atoms with Gasteiger partial charge in [-0.2, -0.15) is 17.0 Å². The highest BCUT2D eigenvalue weighted by Gasteiger charge is 2.34. The molecule has 3 amide bonds. The number of hydrogen-bond acceptors (Lipinski definition) is 5. The number of rotatable bonds is 4. The molecule has 11 heteroatoms. The Kier molecular flexibility index (Phi) is 6.23. The molecular formula is C19H27N5O5S. The summed E-state index contributed by atoms with van der Waals surface area (Å²) in [5, 5.41) is 2.85. The van der Waals surface area contributed by atoms with Crippen LogP contribution in [0.2, 0.25) is 0 Å². The molecule has 0 atom stereocenters. The van der Waals surface area contributed by atoms with Gasteiger partial charge in [0.25, 0.3) is 10.2 Å². The zero-order valence-corrected chi connectivity index (χ0v) is 17.6. The highest BCUT2D eigenvalue weighted by atomic mass is 32.2. The van der Waals surface area contributed by atoms with Crippen LogP contribution in [-0.2, 0) is 19.7 Å². The largest absolute Gasteiger partial charge is 0.379 e. The minimum absolute atomic E-state index is 0.122. The lowest BCUT2D eigenvalue weighted by atomic mass is 10.2. The van der Waals surface area contributed by atoms with Crippen molar-refractivity contribution in [3.63, 3.8) is 0 Å². The van der Waals surface area contributed by atoms with Crippen LogP contribution in [-0.4, -0.2) is 92.9 Å². The van der Waals surface area contributed by atoms with Crippen LogP contribution in [0.1, 0.15) is 12.8 Å². The van der Waals surface area contributed by atoms with Crippen molar-refractivity contribution in [3.05, 3.63) is 24.3 Å². The van der Waals surface area contributed by atoms with E-state index >= 15 is 0 Å². The summed E-state index contributed by atoms with van der Waals surface area (Å²) >= 11 is 0. The van der Waals surface area contributed by atoms with Crippen LogP contribution in [0.15, 0.2) is 24.3 Å². The van der Waals surface area contributed by atoms with Gasteiger partial charge in [0.05, 0.1) is 13.2 Å². The van der Waals surface area contributed by atoms with Crippen molar-refractivity contribution in [2.24, 2.45) is 0 Å². The maximum atomic E-state index is 12.7. The molecule has 0 aliphatic carbocycles. The number of amides is 3. The zero-order chi connectivity index (χ0) is 21.1. The number of benzene rings is 1. The van der Waals surface area contributed by atoms with E-state index in [9.17, 15) is 18.0 Å². The molecule has 3 aliphatic heterocycles. The van der Waals surface area contributed by atoms with Crippen molar-refractivity contribution >= 4 is 33.5 Å². The number of hydrogen-bond donors (Lipinski definition) is 1. The average molecular weight is 438 g/mol. The molecule has 3 aliphatic rings. The molecule has 3 fully saturated rings. The topological polar surface area (TPSA) is 102 Å². The number of anilines is 2. The number of nitrogens with zero attached hydrogens (tertiary/aromatic N) is 4. The van der Waals surface area contributed by atoms with Gasteiger partial charge in [0.1, 0.15) is 0 Å². The van der Waals surface area contributed by atoms with Crippen LogP contribution in [0.25, 0.3) is 0 Å².